The van der Waals surface area contributed by atoms with E-state index >= 15 is 0 Å². The van der Waals surface area contributed by atoms with Gasteiger partial charge in [0.05, 0.1) is 5.60 Å². The van der Waals surface area contributed by atoms with E-state index in [4.69, 9.17) is 5.11 Å². The van der Waals surface area contributed by atoms with Crippen LogP contribution in [0.4, 0.5) is 13.2 Å². The van der Waals surface area contributed by atoms with Gasteiger partial charge in [0, 0.05) is 13.0 Å². The number of rotatable bonds is 5. The molecule has 0 amide bonds. The molecule has 0 aliphatic heterocycles. The molecule has 0 spiro atoms. The van der Waals surface area contributed by atoms with Crippen molar-refractivity contribution in [1.82, 2.24) is 0 Å². The largest absolute Gasteiger partial charge is 0.396 e. The van der Waals surface area contributed by atoms with E-state index in [1.807, 2.05) is 0 Å². The first-order chi connectivity index (χ1) is 5.77. The van der Waals surface area contributed by atoms with E-state index in [1.54, 1.807) is 0 Å². The molecule has 0 bridgehead atoms. The number of hydrogen-bond acceptors (Lipinski definition) is 2. The molecule has 0 aromatic rings. The highest BCUT2D eigenvalue weighted by atomic mass is 19.4. The van der Waals surface area contributed by atoms with Crippen LogP contribution >= 0.6 is 0 Å². The minimum Gasteiger partial charge on any atom is -0.396 e. The zero-order valence-corrected chi connectivity index (χ0v) is 7.56. The van der Waals surface area contributed by atoms with Crippen LogP contribution in [-0.4, -0.2) is 28.6 Å². The molecular formula is C8H15F3O2. The molecule has 0 fully saturated rings. The fourth-order valence-electron chi connectivity index (χ4n) is 1.04. The predicted molar refractivity (Wildman–Crippen MR) is 42.2 cm³/mol. The Labute approximate surface area is 75.4 Å². The summed E-state index contributed by atoms with van der Waals surface area (Å²) in [7, 11) is 0. The van der Waals surface area contributed by atoms with Crippen molar-refractivity contribution in [2.45, 2.75) is 44.4 Å². The topological polar surface area (TPSA) is 40.5 Å². The third-order valence-electron chi connectivity index (χ3n) is 1.83. The first kappa shape index (κ1) is 12.7. The lowest BCUT2D eigenvalue weighted by Gasteiger charge is -2.22. The van der Waals surface area contributed by atoms with Gasteiger partial charge in [0.2, 0.25) is 0 Å². The van der Waals surface area contributed by atoms with Crippen molar-refractivity contribution < 1.29 is 23.4 Å². The van der Waals surface area contributed by atoms with Gasteiger partial charge in [-0.2, -0.15) is 13.2 Å². The van der Waals surface area contributed by atoms with Crippen LogP contribution in [-0.2, 0) is 0 Å². The Bertz CT molecular complexity index is 143. The molecule has 0 heterocycles. The van der Waals surface area contributed by atoms with Gasteiger partial charge in [-0.1, -0.05) is 0 Å². The predicted octanol–water partition coefficient (Wildman–Crippen LogP) is 1.85. The normalized spacial score (nSPS) is 17.1. The highest BCUT2D eigenvalue weighted by Gasteiger charge is 2.28. The number of aliphatic hydroxyl groups is 2. The molecule has 13 heavy (non-hydrogen) atoms. The summed E-state index contributed by atoms with van der Waals surface area (Å²) in [6.07, 6.45) is -4.96. The zero-order chi connectivity index (χ0) is 10.5. The Hall–Kier alpha value is -0.290. The molecule has 0 saturated heterocycles. The Kier molecular flexibility index (Phi) is 4.70. The summed E-state index contributed by atoms with van der Waals surface area (Å²) in [5, 5.41) is 17.9. The Balaban J connectivity index is 3.63. The van der Waals surface area contributed by atoms with Crippen LogP contribution in [0.15, 0.2) is 0 Å². The lowest BCUT2D eigenvalue weighted by Crippen LogP contribution is -2.26. The fraction of sp³-hybridized carbons (Fsp3) is 1.00. The van der Waals surface area contributed by atoms with Crippen LogP contribution < -0.4 is 0 Å². The van der Waals surface area contributed by atoms with Crippen molar-refractivity contribution in [3.63, 3.8) is 0 Å². The minimum absolute atomic E-state index is 0.0626. The molecular weight excluding hydrogens is 185 g/mol. The van der Waals surface area contributed by atoms with Gasteiger partial charge in [-0.3, -0.25) is 0 Å². The first-order valence-corrected chi connectivity index (χ1v) is 4.17. The maximum absolute atomic E-state index is 11.7. The zero-order valence-electron chi connectivity index (χ0n) is 7.56. The molecule has 0 aliphatic rings. The van der Waals surface area contributed by atoms with Crippen LogP contribution in [0.5, 0.6) is 0 Å². The average molecular weight is 200 g/mol. The molecule has 1 atom stereocenters. The van der Waals surface area contributed by atoms with Gasteiger partial charge in [0.25, 0.3) is 0 Å². The van der Waals surface area contributed by atoms with Crippen LogP contribution in [0.3, 0.4) is 0 Å². The van der Waals surface area contributed by atoms with Gasteiger partial charge in [-0.15, -0.1) is 0 Å². The summed E-state index contributed by atoms with van der Waals surface area (Å²) in [6.45, 7) is 1.22. The van der Waals surface area contributed by atoms with Crippen molar-refractivity contribution in [2.75, 3.05) is 6.61 Å². The third-order valence-corrected chi connectivity index (χ3v) is 1.83. The lowest BCUT2D eigenvalue weighted by molar-refractivity contribution is -0.137. The van der Waals surface area contributed by atoms with Gasteiger partial charge in [0.15, 0.2) is 0 Å². The van der Waals surface area contributed by atoms with E-state index in [1.165, 1.54) is 6.92 Å². The molecule has 80 valence electrons. The molecule has 2 N–H and O–H groups in total. The van der Waals surface area contributed by atoms with Gasteiger partial charge in [0.1, 0.15) is 0 Å². The van der Waals surface area contributed by atoms with E-state index in [-0.39, 0.29) is 25.9 Å². The summed E-state index contributed by atoms with van der Waals surface area (Å²) in [5.41, 5.74) is -1.18. The van der Waals surface area contributed by atoms with E-state index in [9.17, 15) is 18.3 Å². The maximum Gasteiger partial charge on any atom is 0.389 e. The van der Waals surface area contributed by atoms with E-state index in [2.05, 4.69) is 0 Å². The summed E-state index contributed by atoms with van der Waals surface area (Å²) in [4.78, 5) is 0. The number of alkyl halides is 3. The standard InChI is InChI=1S/C8H15F3O2/c1-7(13,5-6-12)3-2-4-8(9,10)11/h12-13H,2-6H2,1H3/t7-/m0/s1. The average Bonchev–Trinajstić information content (AvgIpc) is 1.82. The Morgan fingerprint density at radius 3 is 2.00 bits per heavy atom. The molecule has 0 rings (SSSR count). The highest BCUT2D eigenvalue weighted by Crippen LogP contribution is 2.25. The van der Waals surface area contributed by atoms with E-state index < -0.39 is 18.2 Å². The van der Waals surface area contributed by atoms with Crippen molar-refractivity contribution in [2.24, 2.45) is 0 Å². The number of halogens is 3. The Morgan fingerprint density at radius 2 is 1.62 bits per heavy atom. The minimum atomic E-state index is -4.16. The van der Waals surface area contributed by atoms with Crippen molar-refractivity contribution in [3.8, 4) is 0 Å². The highest BCUT2D eigenvalue weighted by molar-refractivity contribution is 4.72. The maximum atomic E-state index is 11.7. The Morgan fingerprint density at radius 1 is 1.08 bits per heavy atom. The SMILES string of the molecule is C[C@@](O)(CCO)CCCC(F)(F)F. The molecule has 0 aromatic heterocycles. The van der Waals surface area contributed by atoms with Gasteiger partial charge in [-0.25, -0.2) is 0 Å². The molecule has 2 nitrogen and oxygen atoms in total. The number of hydrogen-bond donors (Lipinski definition) is 2. The second-order valence-electron chi connectivity index (χ2n) is 3.44. The summed E-state index contributed by atoms with van der Waals surface area (Å²) in [5.74, 6) is 0. The second kappa shape index (κ2) is 4.81. The van der Waals surface area contributed by atoms with Crippen LogP contribution in [0.2, 0.25) is 0 Å². The molecule has 0 saturated carbocycles. The van der Waals surface area contributed by atoms with Crippen LogP contribution in [0, 0.1) is 0 Å². The summed E-state index contributed by atoms with van der Waals surface area (Å²) >= 11 is 0. The van der Waals surface area contributed by atoms with Gasteiger partial charge < -0.3 is 10.2 Å². The van der Waals surface area contributed by atoms with E-state index in [0.29, 0.717) is 0 Å². The molecule has 0 unspecified atom stereocenters. The quantitative estimate of drug-likeness (QED) is 0.711. The van der Waals surface area contributed by atoms with Crippen molar-refractivity contribution >= 4 is 0 Å². The number of aliphatic hydroxyl groups excluding tert-OH is 1. The molecule has 0 radical (unpaired) electrons. The molecule has 5 heteroatoms. The van der Waals surface area contributed by atoms with Crippen LogP contribution in [0.25, 0.3) is 0 Å². The smallest absolute Gasteiger partial charge is 0.389 e. The van der Waals surface area contributed by atoms with E-state index in [0.717, 1.165) is 0 Å². The second-order valence-corrected chi connectivity index (χ2v) is 3.44. The fourth-order valence-corrected chi connectivity index (χ4v) is 1.04. The third kappa shape index (κ3) is 8.05. The monoisotopic (exact) mass is 200 g/mol. The molecule has 0 aromatic carbocycles. The van der Waals surface area contributed by atoms with Gasteiger partial charge >= 0.3 is 6.18 Å². The summed E-state index contributed by atoms with van der Waals surface area (Å²) in [6, 6.07) is 0. The lowest BCUT2D eigenvalue weighted by atomic mass is 9.96. The van der Waals surface area contributed by atoms with Gasteiger partial charge in [-0.05, 0) is 26.2 Å². The van der Waals surface area contributed by atoms with Crippen molar-refractivity contribution in [3.05, 3.63) is 0 Å². The summed E-state index contributed by atoms with van der Waals surface area (Å²) < 4.78 is 35.1. The first-order valence-electron chi connectivity index (χ1n) is 4.17. The molecule has 0 aliphatic carbocycles. The van der Waals surface area contributed by atoms with Crippen molar-refractivity contribution in [1.29, 1.82) is 0 Å². The van der Waals surface area contributed by atoms with Crippen LogP contribution in [0.1, 0.15) is 32.6 Å².